The Morgan fingerprint density at radius 3 is 2.19 bits per heavy atom. The van der Waals surface area contributed by atoms with E-state index in [-0.39, 0.29) is 25.5 Å². The second-order valence-corrected chi connectivity index (χ2v) is 9.25. The Balaban J connectivity index is 2.42. The summed E-state index contributed by atoms with van der Waals surface area (Å²) in [5.74, 6) is -0.592. The van der Waals surface area contributed by atoms with Crippen LogP contribution in [0.25, 0.3) is 0 Å². The van der Waals surface area contributed by atoms with Gasteiger partial charge in [-0.3, -0.25) is 9.69 Å². The molecule has 174 valence electrons. The Morgan fingerprint density at radius 2 is 1.74 bits per heavy atom. The summed E-state index contributed by atoms with van der Waals surface area (Å²) in [6.07, 6.45) is -4.46. The molecule has 31 heavy (non-hydrogen) atoms. The van der Waals surface area contributed by atoms with Crippen LogP contribution in [0, 0.1) is 5.92 Å². The van der Waals surface area contributed by atoms with Gasteiger partial charge in [0.15, 0.2) is 0 Å². The third-order valence-corrected chi connectivity index (χ3v) is 5.23. The van der Waals surface area contributed by atoms with Crippen molar-refractivity contribution in [3.05, 3.63) is 35.4 Å². The maximum absolute atomic E-state index is 13.0. The summed E-state index contributed by atoms with van der Waals surface area (Å²) in [5.41, 5.74) is -1.80. The zero-order valence-corrected chi connectivity index (χ0v) is 18.9. The number of hydrogen-bond donors (Lipinski definition) is 0. The number of carbonyl (C=O) groups excluding carboxylic acids is 2. The number of methoxy groups -OCH3 is 1. The van der Waals surface area contributed by atoms with Gasteiger partial charge < -0.3 is 14.4 Å². The number of ether oxygens (including phenoxy) is 2. The van der Waals surface area contributed by atoms with Crippen LogP contribution in [0.15, 0.2) is 24.3 Å². The van der Waals surface area contributed by atoms with Gasteiger partial charge in [-0.15, -0.1) is 0 Å². The minimum absolute atomic E-state index is 0.116. The van der Waals surface area contributed by atoms with Gasteiger partial charge in [0.2, 0.25) is 5.91 Å². The highest BCUT2D eigenvalue weighted by molar-refractivity contribution is 5.81. The minimum atomic E-state index is -4.43. The molecule has 1 fully saturated rings. The molecule has 1 aliphatic rings. The van der Waals surface area contributed by atoms with Crippen molar-refractivity contribution in [3.63, 3.8) is 0 Å². The first kappa shape index (κ1) is 25.0. The number of benzene rings is 1. The first-order valence-corrected chi connectivity index (χ1v) is 10.1. The smallest absolute Gasteiger partial charge is 0.416 e. The van der Waals surface area contributed by atoms with Gasteiger partial charge in [-0.1, -0.05) is 12.1 Å². The van der Waals surface area contributed by atoms with E-state index < -0.39 is 34.9 Å². The molecule has 0 aromatic heterocycles. The summed E-state index contributed by atoms with van der Waals surface area (Å²) in [4.78, 5) is 28.7. The zero-order valence-electron chi connectivity index (χ0n) is 18.9. The van der Waals surface area contributed by atoms with Gasteiger partial charge in [-0.2, -0.15) is 13.2 Å². The Morgan fingerprint density at radius 1 is 1.16 bits per heavy atom. The highest BCUT2D eigenvalue weighted by atomic mass is 19.4. The lowest BCUT2D eigenvalue weighted by Crippen LogP contribution is -2.53. The molecule has 1 aromatic carbocycles. The van der Waals surface area contributed by atoms with Crippen molar-refractivity contribution in [3.8, 4) is 0 Å². The largest absolute Gasteiger partial charge is 0.444 e. The van der Waals surface area contributed by atoms with E-state index in [1.165, 1.54) is 29.0 Å². The quantitative estimate of drug-likeness (QED) is 0.690. The summed E-state index contributed by atoms with van der Waals surface area (Å²) >= 11 is 0. The average molecular weight is 444 g/mol. The predicted molar refractivity (Wildman–Crippen MR) is 109 cm³/mol. The normalized spacial score (nSPS) is 21.8. The number of likely N-dealkylation sites (tertiary alicyclic amines) is 1. The number of hydrogen-bond acceptors (Lipinski definition) is 4. The molecule has 0 spiro atoms. The molecular formula is C22H31F3N2O4. The fraction of sp³-hybridized carbons (Fsp3) is 0.636. The molecular weight excluding hydrogens is 413 g/mol. The van der Waals surface area contributed by atoms with E-state index in [0.717, 1.165) is 12.1 Å². The topological polar surface area (TPSA) is 59.1 Å². The average Bonchev–Trinajstić information content (AvgIpc) is 2.98. The van der Waals surface area contributed by atoms with Crippen LogP contribution in [0.5, 0.6) is 0 Å². The highest BCUT2D eigenvalue weighted by Crippen LogP contribution is 2.39. The molecule has 6 nitrogen and oxygen atoms in total. The summed E-state index contributed by atoms with van der Waals surface area (Å²) in [7, 11) is 4.78. The van der Waals surface area contributed by atoms with Crippen molar-refractivity contribution in [2.24, 2.45) is 5.92 Å². The minimum Gasteiger partial charge on any atom is -0.444 e. The second kappa shape index (κ2) is 9.06. The van der Waals surface area contributed by atoms with Gasteiger partial charge in [0.25, 0.3) is 0 Å². The van der Waals surface area contributed by atoms with Crippen molar-refractivity contribution >= 4 is 12.0 Å². The van der Waals surface area contributed by atoms with Gasteiger partial charge in [0, 0.05) is 27.7 Å². The van der Waals surface area contributed by atoms with Crippen molar-refractivity contribution in [2.45, 2.75) is 50.9 Å². The summed E-state index contributed by atoms with van der Waals surface area (Å²) in [6.45, 7) is 5.51. The Hall–Kier alpha value is -2.29. The molecule has 0 saturated carbocycles. The fourth-order valence-electron chi connectivity index (χ4n) is 3.98. The first-order chi connectivity index (χ1) is 14.2. The van der Waals surface area contributed by atoms with Crippen LogP contribution in [-0.2, 0) is 26.9 Å². The van der Waals surface area contributed by atoms with E-state index >= 15 is 0 Å². The van der Waals surface area contributed by atoms with Crippen molar-refractivity contribution in [1.82, 2.24) is 9.80 Å². The number of halogens is 3. The number of alkyl halides is 3. The van der Waals surface area contributed by atoms with Gasteiger partial charge in [-0.05, 0) is 51.3 Å². The lowest BCUT2D eigenvalue weighted by atomic mass is 9.85. The Kier molecular flexibility index (Phi) is 7.30. The fourth-order valence-corrected chi connectivity index (χ4v) is 3.98. The number of nitrogens with zero attached hydrogens (tertiary/aromatic N) is 2. The third kappa shape index (κ3) is 6.12. The molecule has 1 heterocycles. The van der Waals surface area contributed by atoms with Crippen LogP contribution < -0.4 is 0 Å². The molecule has 2 atom stereocenters. The molecule has 0 N–H and O–H groups in total. The van der Waals surface area contributed by atoms with Crippen LogP contribution in [0.4, 0.5) is 18.0 Å². The van der Waals surface area contributed by atoms with E-state index in [1.807, 2.05) is 0 Å². The number of carbonyl (C=O) groups is 2. The molecule has 2 rings (SSSR count). The van der Waals surface area contributed by atoms with Gasteiger partial charge in [0.1, 0.15) is 5.60 Å². The lowest BCUT2D eigenvalue weighted by Gasteiger charge is -2.38. The summed E-state index contributed by atoms with van der Waals surface area (Å²) in [6, 6.07) is 4.83. The van der Waals surface area contributed by atoms with E-state index in [1.54, 1.807) is 34.9 Å². The monoisotopic (exact) mass is 444 g/mol. The molecule has 1 saturated heterocycles. The second-order valence-electron chi connectivity index (χ2n) is 9.25. The van der Waals surface area contributed by atoms with Gasteiger partial charge >= 0.3 is 12.3 Å². The summed E-state index contributed by atoms with van der Waals surface area (Å²) in [5, 5.41) is 0. The van der Waals surface area contributed by atoms with E-state index in [2.05, 4.69) is 0 Å². The van der Waals surface area contributed by atoms with Crippen LogP contribution >= 0.6 is 0 Å². The molecule has 1 aliphatic heterocycles. The zero-order chi connectivity index (χ0) is 23.6. The van der Waals surface area contributed by atoms with Crippen LogP contribution in [0.1, 0.15) is 38.3 Å². The van der Waals surface area contributed by atoms with Crippen molar-refractivity contribution in [1.29, 1.82) is 0 Å². The molecule has 0 unspecified atom stereocenters. The van der Waals surface area contributed by atoms with Crippen LogP contribution in [0.3, 0.4) is 0 Å². The number of rotatable bonds is 5. The summed E-state index contributed by atoms with van der Waals surface area (Å²) < 4.78 is 49.8. The third-order valence-electron chi connectivity index (χ3n) is 5.23. The van der Waals surface area contributed by atoms with Gasteiger partial charge in [0.05, 0.1) is 23.6 Å². The van der Waals surface area contributed by atoms with E-state index in [0.29, 0.717) is 12.0 Å². The van der Waals surface area contributed by atoms with Crippen molar-refractivity contribution < 1.29 is 32.2 Å². The van der Waals surface area contributed by atoms with E-state index in [4.69, 9.17) is 9.47 Å². The maximum Gasteiger partial charge on any atom is 0.416 e. The molecule has 0 aliphatic carbocycles. The molecule has 2 amide bonds. The maximum atomic E-state index is 13.0. The van der Waals surface area contributed by atoms with Crippen LogP contribution in [0.2, 0.25) is 0 Å². The molecule has 0 radical (unpaired) electrons. The highest BCUT2D eigenvalue weighted by Gasteiger charge is 2.51. The molecule has 9 heteroatoms. The van der Waals surface area contributed by atoms with Gasteiger partial charge in [-0.25, -0.2) is 4.79 Å². The predicted octanol–water partition coefficient (Wildman–Crippen LogP) is 3.98. The Labute approximate surface area is 181 Å². The molecule has 1 aromatic rings. The van der Waals surface area contributed by atoms with Crippen molar-refractivity contribution in [2.75, 3.05) is 34.4 Å². The lowest BCUT2D eigenvalue weighted by molar-refractivity contribution is -0.137. The van der Waals surface area contributed by atoms with Crippen LogP contribution in [-0.4, -0.2) is 67.3 Å². The standard InChI is InChI=1S/C22H31F3N2O4/c1-20(2,3)31-19(29)27-13-16(18(28)26(4)5)12-21(27,14-30-6)11-15-7-9-17(10-8-15)22(23,24)25/h7-10,16H,11-14H2,1-6H3/t16-,21-/m0/s1. The SMILES string of the molecule is COC[C@]1(Cc2ccc(C(F)(F)F)cc2)C[C@H](C(=O)N(C)C)CN1C(=O)OC(C)(C)C. The Bertz CT molecular complexity index is 787. The molecule has 0 bridgehead atoms. The first-order valence-electron chi connectivity index (χ1n) is 10.1. The van der Waals surface area contributed by atoms with E-state index in [9.17, 15) is 22.8 Å². The number of amides is 2.